The fraction of sp³-hybridized carbons (Fsp3) is 0.520. The number of piperidine rings is 1. The predicted molar refractivity (Wildman–Crippen MR) is 133 cm³/mol. The van der Waals surface area contributed by atoms with Gasteiger partial charge in [0.25, 0.3) is 0 Å². The zero-order chi connectivity index (χ0) is 24.8. The standard InChI is InChI=1S/C25H36N7O3/c1-4-20-16-28-32-22(27-15-19-8-7-11-30(17-19)34-3)14-23(29-24(20)32)31-12-6-5-9-21(31)10-13-35-25(33)18(2)26/h7-8,11,14,16-18,21,27H,4-6,9-10,12-13,15,26H2,1-3H3/q+1/t18-,21-/m0/s1. The maximum atomic E-state index is 11.8. The molecule has 3 N–H and O–H groups in total. The molecular formula is C25H36N7O3+. The summed E-state index contributed by atoms with van der Waals surface area (Å²) in [6.07, 6.45) is 10.6. The highest BCUT2D eigenvalue weighted by Gasteiger charge is 2.26. The smallest absolute Gasteiger partial charge is 0.322 e. The van der Waals surface area contributed by atoms with Crippen LogP contribution in [0, 0.1) is 0 Å². The molecule has 0 aromatic carbocycles. The van der Waals surface area contributed by atoms with Crippen LogP contribution in [0.4, 0.5) is 11.6 Å². The lowest BCUT2D eigenvalue weighted by molar-refractivity contribution is -0.885. The first-order valence-corrected chi connectivity index (χ1v) is 12.3. The third kappa shape index (κ3) is 5.82. The highest BCUT2D eigenvalue weighted by Crippen LogP contribution is 2.29. The molecule has 0 bridgehead atoms. The number of esters is 1. The van der Waals surface area contributed by atoms with Gasteiger partial charge < -0.3 is 20.7 Å². The third-order valence-electron chi connectivity index (χ3n) is 6.42. The molecule has 0 spiro atoms. The van der Waals surface area contributed by atoms with Gasteiger partial charge in [0.15, 0.2) is 5.65 Å². The molecule has 2 atom stereocenters. The van der Waals surface area contributed by atoms with Crippen molar-refractivity contribution in [2.24, 2.45) is 5.73 Å². The molecule has 3 aromatic rings. The van der Waals surface area contributed by atoms with Gasteiger partial charge in [-0.2, -0.15) is 9.61 Å². The molecule has 1 aliphatic rings. The van der Waals surface area contributed by atoms with Gasteiger partial charge in [0, 0.05) is 53.5 Å². The van der Waals surface area contributed by atoms with Crippen molar-refractivity contribution in [2.75, 3.05) is 30.5 Å². The van der Waals surface area contributed by atoms with E-state index in [9.17, 15) is 4.79 Å². The Morgan fingerprint density at radius 2 is 2.26 bits per heavy atom. The van der Waals surface area contributed by atoms with E-state index in [2.05, 4.69) is 28.3 Å². The fourth-order valence-electron chi connectivity index (χ4n) is 4.46. The molecule has 35 heavy (non-hydrogen) atoms. The molecule has 10 nitrogen and oxygen atoms in total. The summed E-state index contributed by atoms with van der Waals surface area (Å²) in [7, 11) is 1.64. The van der Waals surface area contributed by atoms with Crippen LogP contribution in [0.25, 0.3) is 5.65 Å². The number of anilines is 2. The van der Waals surface area contributed by atoms with Gasteiger partial charge in [-0.15, -0.1) is 0 Å². The van der Waals surface area contributed by atoms with E-state index in [1.54, 1.807) is 18.8 Å². The van der Waals surface area contributed by atoms with E-state index in [-0.39, 0.29) is 12.0 Å². The van der Waals surface area contributed by atoms with Crippen molar-refractivity contribution in [3.63, 3.8) is 0 Å². The number of hydrogen-bond acceptors (Lipinski definition) is 8. The predicted octanol–water partition coefficient (Wildman–Crippen LogP) is 1.89. The molecule has 4 rings (SSSR count). The summed E-state index contributed by atoms with van der Waals surface area (Å²) in [4.78, 5) is 24.5. The summed E-state index contributed by atoms with van der Waals surface area (Å²) >= 11 is 0. The maximum Gasteiger partial charge on any atom is 0.322 e. The van der Waals surface area contributed by atoms with Gasteiger partial charge in [-0.25, -0.2) is 4.98 Å². The molecule has 1 aliphatic heterocycles. The minimum Gasteiger partial charge on any atom is -0.464 e. The van der Waals surface area contributed by atoms with Crippen LogP contribution in [0.2, 0.25) is 0 Å². The highest BCUT2D eigenvalue weighted by atomic mass is 16.6. The Kier molecular flexibility index (Phi) is 8.02. The van der Waals surface area contributed by atoms with E-state index in [1.165, 1.54) is 0 Å². The number of ether oxygens (including phenoxy) is 1. The van der Waals surface area contributed by atoms with Crippen molar-refractivity contribution in [2.45, 2.75) is 64.6 Å². The van der Waals surface area contributed by atoms with Crippen molar-refractivity contribution >= 4 is 23.3 Å². The van der Waals surface area contributed by atoms with Crippen LogP contribution in [-0.2, 0) is 22.5 Å². The van der Waals surface area contributed by atoms with Gasteiger partial charge in [-0.1, -0.05) is 6.92 Å². The van der Waals surface area contributed by atoms with E-state index in [0.717, 1.165) is 67.1 Å². The number of aromatic nitrogens is 4. The van der Waals surface area contributed by atoms with Crippen LogP contribution in [0.3, 0.4) is 0 Å². The zero-order valence-electron chi connectivity index (χ0n) is 20.8. The van der Waals surface area contributed by atoms with Gasteiger partial charge in [-0.05, 0) is 38.7 Å². The number of carbonyl (C=O) groups is 1. The van der Waals surface area contributed by atoms with Crippen LogP contribution in [0.1, 0.15) is 50.7 Å². The second-order valence-electron chi connectivity index (χ2n) is 8.95. The van der Waals surface area contributed by atoms with E-state index < -0.39 is 6.04 Å². The average molecular weight is 483 g/mol. The molecule has 1 fully saturated rings. The number of rotatable bonds is 10. The third-order valence-corrected chi connectivity index (χ3v) is 6.42. The van der Waals surface area contributed by atoms with Gasteiger partial charge in [0.2, 0.25) is 12.4 Å². The van der Waals surface area contributed by atoms with Crippen LogP contribution in [0.5, 0.6) is 0 Å². The Labute approximate surface area is 206 Å². The Hall–Kier alpha value is -3.40. The molecule has 0 amide bonds. The number of nitrogens with one attached hydrogen (secondary N) is 1. The lowest BCUT2D eigenvalue weighted by atomic mass is 9.99. The van der Waals surface area contributed by atoms with Gasteiger partial charge in [0.1, 0.15) is 24.8 Å². The van der Waals surface area contributed by atoms with Crippen LogP contribution < -0.4 is 25.5 Å². The van der Waals surface area contributed by atoms with E-state index >= 15 is 0 Å². The summed E-state index contributed by atoms with van der Waals surface area (Å²) in [5.74, 6) is 1.43. The zero-order valence-corrected chi connectivity index (χ0v) is 20.8. The number of hydrogen-bond donors (Lipinski definition) is 2. The van der Waals surface area contributed by atoms with Gasteiger partial charge in [-0.3, -0.25) is 9.63 Å². The number of fused-ring (bicyclic) bond motifs is 1. The van der Waals surface area contributed by atoms with Crippen molar-refractivity contribution in [3.8, 4) is 0 Å². The Bertz CT molecular complexity index is 1150. The Morgan fingerprint density at radius 3 is 3.03 bits per heavy atom. The summed E-state index contributed by atoms with van der Waals surface area (Å²) in [6, 6.07) is 5.71. The lowest BCUT2D eigenvalue weighted by Gasteiger charge is -2.37. The number of carbonyl (C=O) groups excluding carboxylic acids is 1. The molecule has 0 unspecified atom stereocenters. The first-order valence-electron chi connectivity index (χ1n) is 12.3. The Balaban J connectivity index is 1.58. The fourth-order valence-corrected chi connectivity index (χ4v) is 4.46. The summed E-state index contributed by atoms with van der Waals surface area (Å²) in [6.45, 7) is 5.64. The van der Waals surface area contributed by atoms with Crippen molar-refractivity contribution in [1.82, 2.24) is 14.6 Å². The molecule has 0 radical (unpaired) electrons. The van der Waals surface area contributed by atoms with Crippen molar-refractivity contribution in [3.05, 3.63) is 47.9 Å². The van der Waals surface area contributed by atoms with E-state index in [0.29, 0.717) is 13.2 Å². The summed E-state index contributed by atoms with van der Waals surface area (Å²) < 4.78 is 8.91. The molecule has 4 heterocycles. The van der Waals surface area contributed by atoms with E-state index in [4.69, 9.17) is 20.3 Å². The van der Waals surface area contributed by atoms with Crippen LogP contribution in [-0.4, -0.2) is 52.9 Å². The number of pyridine rings is 1. The minimum absolute atomic E-state index is 0.246. The first kappa shape index (κ1) is 24.7. The van der Waals surface area contributed by atoms with E-state index in [1.807, 2.05) is 35.2 Å². The maximum absolute atomic E-state index is 11.8. The molecule has 0 aliphatic carbocycles. The molecule has 1 saturated heterocycles. The molecular weight excluding hydrogens is 446 g/mol. The molecule has 188 valence electrons. The second-order valence-corrected chi connectivity index (χ2v) is 8.95. The van der Waals surface area contributed by atoms with Gasteiger partial charge >= 0.3 is 5.97 Å². The normalized spacial score (nSPS) is 16.8. The van der Waals surface area contributed by atoms with Crippen LogP contribution in [0.15, 0.2) is 36.8 Å². The summed E-state index contributed by atoms with van der Waals surface area (Å²) in [5, 5.41) is 8.14. The van der Waals surface area contributed by atoms with Gasteiger partial charge in [0.05, 0.1) is 12.8 Å². The number of aryl methyl sites for hydroxylation is 1. The average Bonchev–Trinajstić information content (AvgIpc) is 3.30. The quantitative estimate of drug-likeness (QED) is 0.333. The van der Waals surface area contributed by atoms with Crippen LogP contribution >= 0.6 is 0 Å². The summed E-state index contributed by atoms with van der Waals surface area (Å²) in [5.41, 5.74) is 8.67. The first-order chi connectivity index (χ1) is 17.0. The largest absolute Gasteiger partial charge is 0.464 e. The topological polar surface area (TPSA) is 111 Å². The van der Waals surface area contributed by atoms with Crippen molar-refractivity contribution < 1.29 is 19.1 Å². The molecule has 10 heteroatoms. The monoisotopic (exact) mass is 482 g/mol. The number of nitrogens with zero attached hydrogens (tertiary/aromatic N) is 5. The second kappa shape index (κ2) is 11.4. The molecule has 3 aromatic heterocycles. The minimum atomic E-state index is -0.604. The number of nitrogens with two attached hydrogens (primary N) is 1. The van der Waals surface area contributed by atoms with Crippen molar-refractivity contribution in [1.29, 1.82) is 0 Å². The molecule has 0 saturated carbocycles. The highest BCUT2D eigenvalue weighted by molar-refractivity contribution is 5.74. The SMILES string of the molecule is CCc1cnn2c(NCc3ccc[n+](OC)c3)cc(N3CCCC[C@H]3CCOC(=O)[C@H](C)N)nc12. The lowest BCUT2D eigenvalue weighted by Crippen LogP contribution is -2.41. The Morgan fingerprint density at radius 1 is 1.40 bits per heavy atom.